The molecule has 2 aromatic heterocycles. The van der Waals surface area contributed by atoms with Gasteiger partial charge in [-0.25, -0.2) is 4.68 Å². The lowest BCUT2D eigenvalue weighted by Gasteiger charge is -2.39. The molecular weight excluding hydrogens is 280 g/mol. The van der Waals surface area contributed by atoms with Gasteiger partial charge >= 0.3 is 0 Å². The smallest absolute Gasteiger partial charge is 0.267 e. The van der Waals surface area contributed by atoms with Crippen molar-refractivity contribution in [3.63, 3.8) is 0 Å². The van der Waals surface area contributed by atoms with Crippen LogP contribution in [0.2, 0.25) is 0 Å². The highest BCUT2D eigenvalue weighted by Crippen LogP contribution is 2.21. The predicted octanol–water partition coefficient (Wildman–Crippen LogP) is 1.24. The molecule has 116 valence electrons. The first-order valence-electron chi connectivity index (χ1n) is 7.98. The fraction of sp³-hybridized carbons (Fsp3) is 0.562. The monoisotopic (exact) mass is 300 g/mol. The Bertz CT molecular complexity index is 701. The number of likely N-dealkylation sites (tertiary alicyclic amines) is 1. The van der Waals surface area contributed by atoms with Gasteiger partial charge in [0.2, 0.25) is 0 Å². The normalized spacial score (nSPS) is 18.9. The average molecular weight is 300 g/mol. The average Bonchev–Trinajstić information content (AvgIpc) is 2.98. The zero-order valence-corrected chi connectivity index (χ0v) is 12.6. The molecule has 1 aliphatic carbocycles. The molecule has 1 saturated heterocycles. The van der Waals surface area contributed by atoms with E-state index in [4.69, 9.17) is 4.52 Å². The molecule has 1 aliphatic heterocycles. The molecule has 0 unspecified atom stereocenters. The van der Waals surface area contributed by atoms with Gasteiger partial charge in [0.25, 0.3) is 5.56 Å². The van der Waals surface area contributed by atoms with Crippen LogP contribution in [0, 0.1) is 5.92 Å². The number of aromatic nitrogens is 3. The van der Waals surface area contributed by atoms with Crippen molar-refractivity contribution in [1.82, 2.24) is 19.8 Å². The van der Waals surface area contributed by atoms with E-state index in [2.05, 4.69) is 15.2 Å². The Morgan fingerprint density at radius 3 is 2.95 bits per heavy atom. The summed E-state index contributed by atoms with van der Waals surface area (Å²) in [5, 5.41) is 8.31. The van der Waals surface area contributed by atoms with Crippen LogP contribution in [-0.2, 0) is 25.9 Å². The molecule has 0 radical (unpaired) electrons. The second kappa shape index (κ2) is 5.68. The van der Waals surface area contributed by atoms with Gasteiger partial charge in [-0.1, -0.05) is 5.16 Å². The first-order chi connectivity index (χ1) is 10.8. The van der Waals surface area contributed by atoms with Crippen molar-refractivity contribution in [3.05, 3.63) is 45.7 Å². The molecule has 0 atom stereocenters. The Hall–Kier alpha value is -1.95. The molecule has 6 nitrogen and oxygen atoms in total. The van der Waals surface area contributed by atoms with Crippen molar-refractivity contribution in [2.24, 2.45) is 5.92 Å². The highest BCUT2D eigenvalue weighted by atomic mass is 16.5. The minimum Gasteiger partial charge on any atom is -0.364 e. The number of rotatable bonds is 4. The van der Waals surface area contributed by atoms with Gasteiger partial charge < -0.3 is 4.52 Å². The van der Waals surface area contributed by atoms with Crippen LogP contribution in [-0.4, -0.2) is 32.9 Å². The van der Waals surface area contributed by atoms with Gasteiger partial charge in [-0.05, 0) is 31.2 Å². The Morgan fingerprint density at radius 2 is 2.14 bits per heavy atom. The molecule has 22 heavy (non-hydrogen) atoms. The lowest BCUT2D eigenvalue weighted by atomic mass is 9.96. The van der Waals surface area contributed by atoms with Gasteiger partial charge in [0.05, 0.1) is 18.4 Å². The molecule has 2 aromatic rings. The lowest BCUT2D eigenvalue weighted by Crippen LogP contribution is -2.49. The molecule has 4 rings (SSSR count). The van der Waals surface area contributed by atoms with E-state index in [0.29, 0.717) is 5.92 Å². The van der Waals surface area contributed by atoms with Crippen LogP contribution in [0.3, 0.4) is 0 Å². The zero-order valence-electron chi connectivity index (χ0n) is 12.6. The van der Waals surface area contributed by atoms with E-state index in [-0.39, 0.29) is 5.56 Å². The molecule has 0 N–H and O–H groups in total. The van der Waals surface area contributed by atoms with Crippen LogP contribution < -0.4 is 5.56 Å². The summed E-state index contributed by atoms with van der Waals surface area (Å²) >= 11 is 0. The van der Waals surface area contributed by atoms with Gasteiger partial charge in [0.15, 0.2) is 0 Å². The van der Waals surface area contributed by atoms with Gasteiger partial charge in [0, 0.05) is 37.2 Å². The van der Waals surface area contributed by atoms with Crippen molar-refractivity contribution in [2.45, 2.75) is 38.8 Å². The summed E-state index contributed by atoms with van der Waals surface area (Å²) in [4.78, 5) is 14.5. The van der Waals surface area contributed by atoms with Crippen LogP contribution in [0.4, 0.5) is 0 Å². The van der Waals surface area contributed by atoms with Gasteiger partial charge in [-0.3, -0.25) is 9.69 Å². The van der Waals surface area contributed by atoms with Crippen molar-refractivity contribution in [3.8, 4) is 0 Å². The topological polar surface area (TPSA) is 64.2 Å². The summed E-state index contributed by atoms with van der Waals surface area (Å²) in [5.74, 6) is 0.506. The Kier molecular flexibility index (Phi) is 3.54. The molecule has 0 spiro atoms. The summed E-state index contributed by atoms with van der Waals surface area (Å²) in [5.41, 5.74) is 3.45. The predicted molar refractivity (Wildman–Crippen MR) is 80.4 cm³/mol. The van der Waals surface area contributed by atoms with Crippen molar-refractivity contribution in [2.75, 3.05) is 13.1 Å². The quantitative estimate of drug-likeness (QED) is 0.850. The molecule has 3 heterocycles. The van der Waals surface area contributed by atoms with Crippen molar-refractivity contribution >= 4 is 0 Å². The van der Waals surface area contributed by atoms with E-state index >= 15 is 0 Å². The van der Waals surface area contributed by atoms with E-state index in [1.54, 1.807) is 23.2 Å². The SMILES string of the molecule is O=c1cc2c(nn1CC1CN(Cc3cnoc3)C1)CCCC2. The molecule has 0 bridgehead atoms. The number of aryl methyl sites for hydroxylation is 2. The molecule has 6 heteroatoms. The van der Waals surface area contributed by atoms with Gasteiger partial charge in [-0.2, -0.15) is 5.10 Å². The summed E-state index contributed by atoms with van der Waals surface area (Å²) in [7, 11) is 0. The fourth-order valence-corrected chi connectivity index (χ4v) is 3.46. The van der Waals surface area contributed by atoms with Crippen molar-refractivity contribution < 1.29 is 4.52 Å². The number of hydrogen-bond acceptors (Lipinski definition) is 5. The third-order valence-electron chi connectivity index (χ3n) is 4.63. The lowest BCUT2D eigenvalue weighted by molar-refractivity contribution is 0.0762. The molecule has 1 fully saturated rings. The Labute approximate surface area is 128 Å². The maximum absolute atomic E-state index is 12.2. The van der Waals surface area contributed by atoms with Crippen LogP contribution in [0.25, 0.3) is 0 Å². The first kappa shape index (κ1) is 13.7. The summed E-state index contributed by atoms with van der Waals surface area (Å²) in [6.07, 6.45) is 7.83. The van der Waals surface area contributed by atoms with Gasteiger partial charge in [-0.15, -0.1) is 0 Å². The second-order valence-electron chi connectivity index (χ2n) is 6.44. The fourth-order valence-electron chi connectivity index (χ4n) is 3.46. The highest BCUT2D eigenvalue weighted by Gasteiger charge is 2.28. The Balaban J connectivity index is 1.37. The third-order valence-corrected chi connectivity index (χ3v) is 4.63. The molecule has 0 saturated carbocycles. The zero-order chi connectivity index (χ0) is 14.9. The van der Waals surface area contributed by atoms with Crippen molar-refractivity contribution in [1.29, 1.82) is 0 Å². The van der Waals surface area contributed by atoms with E-state index in [1.807, 2.05) is 0 Å². The first-order valence-corrected chi connectivity index (χ1v) is 7.98. The van der Waals surface area contributed by atoms with Gasteiger partial charge in [0.1, 0.15) is 6.26 Å². The maximum atomic E-state index is 12.2. The summed E-state index contributed by atoms with van der Waals surface area (Å²) < 4.78 is 6.52. The van der Waals surface area contributed by atoms with E-state index < -0.39 is 0 Å². The van der Waals surface area contributed by atoms with Crippen LogP contribution in [0.5, 0.6) is 0 Å². The van der Waals surface area contributed by atoms with Crippen LogP contribution in [0.1, 0.15) is 29.7 Å². The minimum absolute atomic E-state index is 0.0538. The summed E-state index contributed by atoms with van der Waals surface area (Å²) in [6.45, 7) is 3.59. The number of fused-ring (bicyclic) bond motifs is 1. The Morgan fingerprint density at radius 1 is 1.27 bits per heavy atom. The van der Waals surface area contributed by atoms with E-state index in [1.165, 1.54) is 12.8 Å². The third kappa shape index (κ3) is 2.70. The minimum atomic E-state index is 0.0538. The number of hydrogen-bond donors (Lipinski definition) is 0. The second-order valence-corrected chi connectivity index (χ2v) is 6.44. The maximum Gasteiger partial charge on any atom is 0.267 e. The van der Waals surface area contributed by atoms with Crippen LogP contribution >= 0.6 is 0 Å². The molecular formula is C16H20N4O2. The standard InChI is InChI=1S/C16H20N4O2/c21-16-5-14-3-1-2-4-15(14)18-20(16)10-13-8-19(9-13)7-12-6-17-22-11-12/h5-6,11,13H,1-4,7-10H2. The number of nitrogens with zero attached hydrogens (tertiary/aromatic N) is 4. The molecule has 0 amide bonds. The summed E-state index contributed by atoms with van der Waals surface area (Å²) in [6, 6.07) is 1.80. The van der Waals surface area contributed by atoms with Crippen LogP contribution in [0.15, 0.2) is 27.8 Å². The van der Waals surface area contributed by atoms with E-state index in [0.717, 1.165) is 55.8 Å². The van der Waals surface area contributed by atoms with E-state index in [9.17, 15) is 4.79 Å². The highest BCUT2D eigenvalue weighted by molar-refractivity contribution is 5.20. The molecule has 2 aliphatic rings. The largest absolute Gasteiger partial charge is 0.364 e. The molecule has 0 aromatic carbocycles.